The smallest absolute Gasteiger partial charge is 0.387 e. The molecular weight excluding hydrogens is 816 g/mol. The zero-order valence-corrected chi connectivity index (χ0v) is 44.2. The summed E-state index contributed by atoms with van der Waals surface area (Å²) in [5.41, 5.74) is 0. The van der Waals surface area contributed by atoms with Gasteiger partial charge in [0.1, 0.15) is 13.2 Å². The summed E-state index contributed by atoms with van der Waals surface area (Å²) >= 11 is 0. The Labute approximate surface area is 398 Å². The molecular formula is C55H110N2O6P+. The molecule has 1 amide bonds. The van der Waals surface area contributed by atoms with E-state index in [4.69, 9.17) is 9.05 Å². The normalized spacial score (nSPS) is 14.2. The molecule has 0 saturated heterocycles. The molecule has 0 bridgehead atoms. The van der Waals surface area contributed by atoms with E-state index in [1.54, 1.807) is 6.08 Å². The summed E-state index contributed by atoms with van der Waals surface area (Å²) in [6.45, 7) is 4.84. The van der Waals surface area contributed by atoms with Crippen molar-refractivity contribution >= 4 is 13.7 Å². The van der Waals surface area contributed by atoms with Gasteiger partial charge in [0.25, 0.3) is 0 Å². The summed E-state index contributed by atoms with van der Waals surface area (Å²) in [6, 6.07) is -0.849. The molecule has 0 rings (SSSR count). The summed E-state index contributed by atoms with van der Waals surface area (Å²) in [4.78, 5) is 23.3. The Hall–Kier alpha value is -1.02. The lowest BCUT2D eigenvalue weighted by atomic mass is 10.0. The average Bonchev–Trinajstić information content (AvgIpc) is 3.25. The van der Waals surface area contributed by atoms with Crippen LogP contribution in [0.1, 0.15) is 271 Å². The molecule has 380 valence electrons. The van der Waals surface area contributed by atoms with Gasteiger partial charge in [0.2, 0.25) is 5.91 Å². The van der Waals surface area contributed by atoms with Crippen LogP contribution in [0.4, 0.5) is 0 Å². The molecule has 3 N–H and O–H groups in total. The number of phosphoric ester groups is 1. The van der Waals surface area contributed by atoms with Gasteiger partial charge in [-0.15, -0.1) is 0 Å². The van der Waals surface area contributed by atoms with Crippen molar-refractivity contribution in [1.29, 1.82) is 0 Å². The molecule has 3 atom stereocenters. The average molecular weight is 926 g/mol. The minimum atomic E-state index is -4.34. The molecule has 3 unspecified atom stereocenters. The van der Waals surface area contributed by atoms with Crippen molar-refractivity contribution < 1.29 is 32.9 Å². The Kier molecular flexibility index (Phi) is 46.3. The first-order valence-electron chi connectivity index (χ1n) is 27.7. The van der Waals surface area contributed by atoms with Gasteiger partial charge in [0, 0.05) is 6.42 Å². The van der Waals surface area contributed by atoms with Crippen molar-refractivity contribution in [3.05, 3.63) is 24.3 Å². The zero-order valence-electron chi connectivity index (χ0n) is 43.3. The molecule has 9 heteroatoms. The molecule has 0 aromatic heterocycles. The number of unbranched alkanes of at least 4 members (excludes halogenated alkanes) is 36. The van der Waals surface area contributed by atoms with Gasteiger partial charge in [-0.25, -0.2) is 4.57 Å². The van der Waals surface area contributed by atoms with Crippen molar-refractivity contribution in [3.8, 4) is 0 Å². The lowest BCUT2D eigenvalue weighted by molar-refractivity contribution is -0.870. The fourth-order valence-corrected chi connectivity index (χ4v) is 9.01. The van der Waals surface area contributed by atoms with Crippen LogP contribution in [0.25, 0.3) is 0 Å². The van der Waals surface area contributed by atoms with Crippen molar-refractivity contribution in [2.45, 2.75) is 283 Å². The van der Waals surface area contributed by atoms with Gasteiger partial charge in [-0.3, -0.25) is 13.8 Å². The van der Waals surface area contributed by atoms with Crippen LogP contribution in [0.2, 0.25) is 0 Å². The van der Waals surface area contributed by atoms with Gasteiger partial charge in [-0.1, -0.05) is 244 Å². The fraction of sp³-hybridized carbons (Fsp3) is 0.909. The maximum absolute atomic E-state index is 12.9. The van der Waals surface area contributed by atoms with Gasteiger partial charge >= 0.3 is 7.82 Å². The number of allylic oxidation sites excluding steroid dienone is 3. The summed E-state index contributed by atoms with van der Waals surface area (Å²) in [7, 11) is 1.58. The standard InChI is InChI=1S/C55H109N2O6P/c1-6-8-10-12-14-16-18-20-22-24-26-27-28-29-30-31-32-34-36-38-40-42-44-46-48-54(58)53(52-63-64(60,61)62-51-50-57(3,4)5)56-55(59)49-47-45-43-41-39-37-35-33-25-23-21-19-17-15-13-11-9-7-2/h33,35,46,48,53-54,58H,6-32,34,36-45,47,49-52H2,1-5H3,(H-,56,59,60,61)/p+1/b35-33-,48-46+. The van der Waals surface area contributed by atoms with Gasteiger partial charge in [0.15, 0.2) is 0 Å². The van der Waals surface area contributed by atoms with E-state index in [1.165, 1.54) is 199 Å². The molecule has 64 heavy (non-hydrogen) atoms. The van der Waals surface area contributed by atoms with E-state index in [0.717, 1.165) is 51.4 Å². The minimum absolute atomic E-state index is 0.0614. The Morgan fingerprint density at radius 2 is 0.844 bits per heavy atom. The lowest BCUT2D eigenvalue weighted by Crippen LogP contribution is -2.45. The molecule has 0 aromatic rings. The molecule has 0 fully saturated rings. The van der Waals surface area contributed by atoms with E-state index in [9.17, 15) is 19.4 Å². The zero-order chi connectivity index (χ0) is 47.1. The van der Waals surface area contributed by atoms with Crippen LogP contribution in [0.3, 0.4) is 0 Å². The molecule has 0 aromatic carbocycles. The number of carbonyl (C=O) groups excluding carboxylic acids is 1. The fourth-order valence-electron chi connectivity index (χ4n) is 8.27. The molecule has 0 aliphatic carbocycles. The van der Waals surface area contributed by atoms with Gasteiger partial charge in [-0.2, -0.15) is 0 Å². The topological polar surface area (TPSA) is 105 Å². The predicted octanol–water partition coefficient (Wildman–Crippen LogP) is 16.4. The summed E-state index contributed by atoms with van der Waals surface area (Å²) in [5.74, 6) is -0.182. The quantitative estimate of drug-likeness (QED) is 0.0243. The Balaban J connectivity index is 4.24. The molecule has 8 nitrogen and oxygen atoms in total. The Bertz CT molecular complexity index is 1090. The first-order valence-corrected chi connectivity index (χ1v) is 29.2. The molecule has 0 spiro atoms. The number of nitrogens with zero attached hydrogens (tertiary/aromatic N) is 1. The maximum atomic E-state index is 12.9. The highest BCUT2D eigenvalue weighted by Gasteiger charge is 2.27. The van der Waals surface area contributed by atoms with E-state index < -0.39 is 20.0 Å². The number of hydrogen-bond donors (Lipinski definition) is 3. The number of nitrogens with one attached hydrogen (secondary N) is 1. The lowest BCUT2D eigenvalue weighted by Gasteiger charge is -2.25. The SMILES string of the molecule is CCCCCCCCCCC/C=C\CCCCCCCC(=O)NC(COP(=O)(O)OCC[N+](C)(C)C)C(O)/C=C/CCCCCCCCCCCCCCCCCCCCCCCC. The van der Waals surface area contributed by atoms with E-state index in [0.29, 0.717) is 17.4 Å². The number of hydrogen-bond acceptors (Lipinski definition) is 5. The van der Waals surface area contributed by atoms with E-state index in [1.807, 2.05) is 27.2 Å². The predicted molar refractivity (Wildman–Crippen MR) is 277 cm³/mol. The Morgan fingerprint density at radius 3 is 1.20 bits per heavy atom. The van der Waals surface area contributed by atoms with Crippen LogP contribution in [0, 0.1) is 0 Å². The van der Waals surface area contributed by atoms with Gasteiger partial charge in [0.05, 0.1) is 39.9 Å². The molecule has 0 aliphatic rings. The highest BCUT2D eigenvalue weighted by molar-refractivity contribution is 7.47. The third kappa shape index (κ3) is 48.9. The molecule has 0 saturated carbocycles. The molecule has 0 radical (unpaired) electrons. The molecule has 0 aliphatic heterocycles. The van der Waals surface area contributed by atoms with Crippen molar-refractivity contribution in [3.63, 3.8) is 0 Å². The highest BCUT2D eigenvalue weighted by Crippen LogP contribution is 2.43. The Morgan fingerprint density at radius 1 is 0.516 bits per heavy atom. The van der Waals surface area contributed by atoms with Crippen LogP contribution in [-0.4, -0.2) is 73.4 Å². The van der Waals surface area contributed by atoms with Crippen LogP contribution >= 0.6 is 7.82 Å². The van der Waals surface area contributed by atoms with Crippen LogP contribution < -0.4 is 5.32 Å². The second-order valence-corrected chi connectivity index (χ2v) is 21.8. The van der Waals surface area contributed by atoms with E-state index in [2.05, 4.69) is 31.3 Å². The number of aliphatic hydroxyl groups is 1. The van der Waals surface area contributed by atoms with Crippen molar-refractivity contribution in [2.75, 3.05) is 40.9 Å². The number of rotatable bonds is 51. The maximum Gasteiger partial charge on any atom is 0.472 e. The second-order valence-electron chi connectivity index (χ2n) is 20.3. The number of likely N-dealkylation sites (N-methyl/N-ethyl adjacent to an activating group) is 1. The summed E-state index contributed by atoms with van der Waals surface area (Å²) in [6.07, 6.45) is 58.4. The van der Waals surface area contributed by atoms with E-state index >= 15 is 0 Å². The number of quaternary nitrogens is 1. The highest BCUT2D eigenvalue weighted by atomic mass is 31.2. The van der Waals surface area contributed by atoms with Crippen LogP contribution in [-0.2, 0) is 18.4 Å². The number of carbonyl (C=O) groups is 1. The van der Waals surface area contributed by atoms with Gasteiger partial charge < -0.3 is 19.8 Å². The first-order chi connectivity index (χ1) is 31.0. The van der Waals surface area contributed by atoms with Crippen LogP contribution in [0.15, 0.2) is 24.3 Å². The second kappa shape index (κ2) is 47.1. The molecule has 0 heterocycles. The monoisotopic (exact) mass is 926 g/mol. The van der Waals surface area contributed by atoms with Gasteiger partial charge in [-0.05, 0) is 44.9 Å². The van der Waals surface area contributed by atoms with Crippen LogP contribution in [0.5, 0.6) is 0 Å². The largest absolute Gasteiger partial charge is 0.472 e. The third-order valence-electron chi connectivity index (χ3n) is 12.7. The number of phosphoric acid groups is 1. The third-order valence-corrected chi connectivity index (χ3v) is 13.6. The van der Waals surface area contributed by atoms with E-state index in [-0.39, 0.29) is 19.1 Å². The first kappa shape index (κ1) is 63.0. The summed E-state index contributed by atoms with van der Waals surface area (Å²) < 4.78 is 23.7. The number of aliphatic hydroxyl groups excluding tert-OH is 1. The minimum Gasteiger partial charge on any atom is -0.387 e. The number of amides is 1. The van der Waals surface area contributed by atoms with Crippen molar-refractivity contribution in [1.82, 2.24) is 5.32 Å². The van der Waals surface area contributed by atoms with Crippen molar-refractivity contribution in [2.24, 2.45) is 0 Å². The summed E-state index contributed by atoms with van der Waals surface area (Å²) in [5, 5.41) is 13.9.